The molecule has 1 amide bonds. The number of nitro benzene ring substituents is 1. The first kappa shape index (κ1) is 21.9. The second-order valence-electron chi connectivity index (χ2n) is 6.64. The summed E-state index contributed by atoms with van der Waals surface area (Å²) in [5.74, 6) is 0.0802. The molecule has 3 aromatic rings. The number of aryl methyl sites for hydroxylation is 1. The average Bonchev–Trinajstić information content (AvgIpc) is 2.78. The zero-order chi connectivity index (χ0) is 22.1. The number of carbonyl (C=O) groups excluding carboxylic acids is 1. The number of ether oxygens (including phenoxy) is 1. The smallest absolute Gasteiger partial charge is 0.282 e. The maximum Gasteiger partial charge on any atom is 0.282 e. The minimum absolute atomic E-state index is 0.0414. The lowest BCUT2D eigenvalue weighted by Crippen LogP contribution is -2.34. The first-order chi connectivity index (χ1) is 15.0. The van der Waals surface area contributed by atoms with E-state index in [0.717, 1.165) is 18.6 Å². The number of hydrogen-bond acceptors (Lipinski definition) is 5. The first-order valence-corrected chi connectivity index (χ1v) is 10.1. The van der Waals surface area contributed by atoms with Gasteiger partial charge in [-0.15, -0.1) is 0 Å². The number of thiocarbonyl (C=S) groups is 1. The molecule has 31 heavy (non-hydrogen) atoms. The third-order valence-electron chi connectivity index (χ3n) is 4.41. The number of amides is 1. The van der Waals surface area contributed by atoms with Crippen molar-refractivity contribution in [1.29, 1.82) is 0 Å². The number of anilines is 1. The van der Waals surface area contributed by atoms with Gasteiger partial charge in [-0.2, -0.15) is 0 Å². The Kier molecular flexibility index (Phi) is 7.67. The molecule has 158 valence electrons. The highest BCUT2D eigenvalue weighted by Crippen LogP contribution is 2.18. The summed E-state index contributed by atoms with van der Waals surface area (Å²) in [5, 5.41) is 16.4. The van der Waals surface area contributed by atoms with E-state index in [-0.39, 0.29) is 16.4 Å². The minimum atomic E-state index is -0.650. The van der Waals surface area contributed by atoms with Gasteiger partial charge in [-0.1, -0.05) is 42.5 Å². The summed E-state index contributed by atoms with van der Waals surface area (Å²) >= 11 is 5.14. The standard InChI is InChI=1S/C23H21N3O4S/c27-22(20-10-4-5-11-21(20)26(28)29)25-23(31)24-18-12-14-19(15-13-18)30-16-6-9-17-7-2-1-3-8-17/h1-5,7-8,10-15H,6,9,16H2,(H2,24,25,27,31). The van der Waals surface area contributed by atoms with Crippen LogP contribution in [-0.2, 0) is 6.42 Å². The molecular formula is C23H21N3O4S. The van der Waals surface area contributed by atoms with Crippen molar-refractivity contribution in [2.75, 3.05) is 11.9 Å². The zero-order valence-corrected chi connectivity index (χ0v) is 17.4. The fourth-order valence-electron chi connectivity index (χ4n) is 2.90. The largest absolute Gasteiger partial charge is 0.494 e. The van der Waals surface area contributed by atoms with E-state index in [9.17, 15) is 14.9 Å². The highest BCUT2D eigenvalue weighted by atomic mass is 32.1. The maximum atomic E-state index is 12.3. The van der Waals surface area contributed by atoms with Crippen molar-refractivity contribution in [3.05, 3.63) is 100 Å². The number of carbonyl (C=O) groups is 1. The molecule has 0 saturated carbocycles. The van der Waals surface area contributed by atoms with Gasteiger partial charge in [0.25, 0.3) is 11.6 Å². The Bertz CT molecular complexity index is 1060. The molecule has 0 fully saturated rings. The van der Waals surface area contributed by atoms with Gasteiger partial charge in [0.15, 0.2) is 5.11 Å². The average molecular weight is 436 g/mol. The van der Waals surface area contributed by atoms with Crippen molar-refractivity contribution in [1.82, 2.24) is 5.32 Å². The molecule has 0 aliphatic rings. The summed E-state index contributed by atoms with van der Waals surface area (Å²) in [5.41, 5.74) is 1.60. The Hall–Kier alpha value is -3.78. The molecule has 0 unspecified atom stereocenters. The van der Waals surface area contributed by atoms with Crippen LogP contribution >= 0.6 is 12.2 Å². The van der Waals surface area contributed by atoms with Gasteiger partial charge in [0.05, 0.1) is 11.5 Å². The fourth-order valence-corrected chi connectivity index (χ4v) is 3.11. The third-order valence-corrected chi connectivity index (χ3v) is 4.61. The van der Waals surface area contributed by atoms with Crippen LogP contribution in [0.15, 0.2) is 78.9 Å². The number of benzene rings is 3. The van der Waals surface area contributed by atoms with E-state index in [0.29, 0.717) is 12.3 Å². The van der Waals surface area contributed by atoms with Crippen LogP contribution in [0.4, 0.5) is 11.4 Å². The van der Waals surface area contributed by atoms with E-state index in [1.165, 1.54) is 23.8 Å². The van der Waals surface area contributed by atoms with E-state index < -0.39 is 10.8 Å². The van der Waals surface area contributed by atoms with E-state index in [1.807, 2.05) is 18.2 Å². The first-order valence-electron chi connectivity index (χ1n) is 9.65. The van der Waals surface area contributed by atoms with Crippen LogP contribution in [0.2, 0.25) is 0 Å². The van der Waals surface area contributed by atoms with Gasteiger partial charge in [-0.05, 0) is 61.0 Å². The molecule has 0 radical (unpaired) electrons. The normalized spacial score (nSPS) is 10.2. The zero-order valence-electron chi connectivity index (χ0n) is 16.6. The molecule has 0 spiro atoms. The molecule has 3 rings (SSSR count). The molecule has 0 bridgehead atoms. The molecule has 0 heterocycles. The van der Waals surface area contributed by atoms with Crippen molar-refractivity contribution < 1.29 is 14.5 Å². The summed E-state index contributed by atoms with van der Waals surface area (Å²) in [6, 6.07) is 23.1. The molecule has 0 aromatic heterocycles. The topological polar surface area (TPSA) is 93.5 Å². The number of nitrogens with zero attached hydrogens (tertiary/aromatic N) is 1. The van der Waals surface area contributed by atoms with E-state index in [1.54, 1.807) is 30.3 Å². The Morgan fingerprint density at radius 1 is 0.968 bits per heavy atom. The summed E-state index contributed by atoms with van der Waals surface area (Å²) in [6.07, 6.45) is 1.86. The molecule has 7 nitrogen and oxygen atoms in total. The van der Waals surface area contributed by atoms with Crippen LogP contribution in [0.1, 0.15) is 22.3 Å². The predicted octanol–water partition coefficient (Wildman–Crippen LogP) is 4.73. The van der Waals surface area contributed by atoms with Crippen LogP contribution < -0.4 is 15.4 Å². The van der Waals surface area contributed by atoms with Gasteiger partial charge in [0, 0.05) is 11.8 Å². The quantitative estimate of drug-likeness (QED) is 0.230. The monoisotopic (exact) mass is 435 g/mol. The Balaban J connectivity index is 1.46. The van der Waals surface area contributed by atoms with Crippen molar-refractivity contribution >= 4 is 34.6 Å². The predicted molar refractivity (Wildman–Crippen MR) is 123 cm³/mol. The Labute approximate surface area is 185 Å². The van der Waals surface area contributed by atoms with Gasteiger partial charge in [-0.25, -0.2) is 0 Å². The Morgan fingerprint density at radius 3 is 2.35 bits per heavy atom. The second-order valence-corrected chi connectivity index (χ2v) is 7.05. The van der Waals surface area contributed by atoms with Gasteiger partial charge in [-0.3, -0.25) is 20.2 Å². The van der Waals surface area contributed by atoms with Crippen molar-refractivity contribution in [3.63, 3.8) is 0 Å². The SMILES string of the molecule is O=C(NC(=S)Nc1ccc(OCCCc2ccccc2)cc1)c1ccccc1[N+](=O)[O-]. The molecule has 0 aliphatic heterocycles. The van der Waals surface area contributed by atoms with Crippen molar-refractivity contribution in [2.45, 2.75) is 12.8 Å². The van der Waals surface area contributed by atoms with E-state index in [2.05, 4.69) is 22.8 Å². The summed E-state index contributed by atoms with van der Waals surface area (Å²) < 4.78 is 5.75. The number of rotatable bonds is 8. The summed E-state index contributed by atoms with van der Waals surface area (Å²) in [7, 11) is 0. The molecule has 0 saturated heterocycles. The minimum Gasteiger partial charge on any atom is -0.494 e. The number of para-hydroxylation sites is 1. The lowest BCUT2D eigenvalue weighted by Gasteiger charge is -2.11. The van der Waals surface area contributed by atoms with Gasteiger partial charge in [0.1, 0.15) is 11.3 Å². The second kappa shape index (κ2) is 10.8. The number of nitrogens with one attached hydrogen (secondary N) is 2. The lowest BCUT2D eigenvalue weighted by atomic mass is 10.1. The van der Waals surface area contributed by atoms with Crippen LogP contribution in [0, 0.1) is 10.1 Å². The van der Waals surface area contributed by atoms with Gasteiger partial charge in [0.2, 0.25) is 0 Å². The summed E-state index contributed by atoms with van der Waals surface area (Å²) in [6.45, 7) is 0.603. The van der Waals surface area contributed by atoms with E-state index >= 15 is 0 Å². The number of hydrogen-bond donors (Lipinski definition) is 2. The Morgan fingerprint density at radius 2 is 1.65 bits per heavy atom. The van der Waals surface area contributed by atoms with Gasteiger partial charge < -0.3 is 10.1 Å². The third kappa shape index (κ3) is 6.61. The molecule has 2 N–H and O–H groups in total. The highest BCUT2D eigenvalue weighted by Gasteiger charge is 2.19. The van der Waals surface area contributed by atoms with Crippen molar-refractivity contribution in [2.24, 2.45) is 0 Å². The van der Waals surface area contributed by atoms with E-state index in [4.69, 9.17) is 17.0 Å². The van der Waals surface area contributed by atoms with Crippen molar-refractivity contribution in [3.8, 4) is 5.75 Å². The summed E-state index contributed by atoms with van der Waals surface area (Å²) in [4.78, 5) is 22.8. The molecule has 0 atom stereocenters. The number of nitro groups is 1. The molecular weight excluding hydrogens is 414 g/mol. The highest BCUT2D eigenvalue weighted by molar-refractivity contribution is 7.80. The van der Waals surface area contributed by atoms with Gasteiger partial charge >= 0.3 is 0 Å². The fraction of sp³-hybridized carbons (Fsp3) is 0.130. The van der Waals surface area contributed by atoms with Crippen LogP contribution in [-0.4, -0.2) is 22.5 Å². The van der Waals surface area contributed by atoms with Crippen LogP contribution in [0.3, 0.4) is 0 Å². The lowest BCUT2D eigenvalue weighted by molar-refractivity contribution is -0.385. The van der Waals surface area contributed by atoms with Crippen LogP contribution in [0.25, 0.3) is 0 Å². The molecule has 8 heteroatoms. The van der Waals surface area contributed by atoms with Crippen LogP contribution in [0.5, 0.6) is 5.75 Å². The molecule has 0 aliphatic carbocycles. The molecule has 3 aromatic carbocycles. The maximum absolute atomic E-state index is 12.3.